The second kappa shape index (κ2) is 7.95. The zero-order valence-electron chi connectivity index (χ0n) is 11.1. The Morgan fingerprint density at radius 3 is 3.00 bits per heavy atom. The van der Waals surface area contributed by atoms with Gasteiger partial charge in [-0.3, -0.25) is 9.69 Å². The lowest BCUT2D eigenvalue weighted by Crippen LogP contribution is -2.48. The van der Waals surface area contributed by atoms with Crippen molar-refractivity contribution < 1.29 is 9.53 Å². The van der Waals surface area contributed by atoms with E-state index < -0.39 is 0 Å². The Balaban J connectivity index is 2.22. The van der Waals surface area contributed by atoms with Crippen LogP contribution < -0.4 is 5.32 Å². The van der Waals surface area contributed by atoms with E-state index in [9.17, 15) is 4.79 Å². The summed E-state index contributed by atoms with van der Waals surface area (Å²) in [7, 11) is 0. The highest BCUT2D eigenvalue weighted by Crippen LogP contribution is 2.07. The molecule has 17 heavy (non-hydrogen) atoms. The zero-order chi connectivity index (χ0) is 12.7. The average Bonchev–Trinajstić information content (AvgIpc) is 2.26. The average molecular weight is 260 g/mol. The second-order valence-electron chi connectivity index (χ2n) is 4.88. The van der Waals surface area contributed by atoms with Gasteiger partial charge in [-0.1, -0.05) is 13.8 Å². The molecular weight excluding hydrogens is 236 g/mol. The number of thioether (sulfide) groups is 1. The van der Waals surface area contributed by atoms with E-state index in [-0.39, 0.29) is 12.0 Å². The number of rotatable bonds is 6. The van der Waals surface area contributed by atoms with Crippen LogP contribution >= 0.6 is 11.8 Å². The van der Waals surface area contributed by atoms with Gasteiger partial charge in [-0.05, 0) is 12.2 Å². The second-order valence-corrected chi connectivity index (χ2v) is 5.75. The summed E-state index contributed by atoms with van der Waals surface area (Å²) in [5, 5.41) is 2.92. The predicted molar refractivity (Wildman–Crippen MR) is 72.4 cm³/mol. The highest BCUT2D eigenvalue weighted by atomic mass is 32.2. The van der Waals surface area contributed by atoms with E-state index in [1.54, 1.807) is 11.8 Å². The molecule has 0 radical (unpaired) electrons. The molecule has 0 bridgehead atoms. The maximum Gasteiger partial charge on any atom is 0.230 e. The van der Waals surface area contributed by atoms with Crippen molar-refractivity contribution in [2.75, 3.05) is 44.8 Å². The molecule has 5 heteroatoms. The fraction of sp³-hybridized carbons (Fsp3) is 0.917. The molecule has 1 atom stereocenters. The van der Waals surface area contributed by atoms with Crippen molar-refractivity contribution >= 4 is 17.7 Å². The first-order valence-electron chi connectivity index (χ1n) is 6.21. The Labute approximate surface area is 108 Å². The molecule has 0 aromatic heterocycles. The van der Waals surface area contributed by atoms with E-state index in [0.717, 1.165) is 26.2 Å². The molecule has 1 aliphatic heterocycles. The number of nitrogens with zero attached hydrogens (tertiary/aromatic N) is 1. The molecular formula is C12H24N2O2S. The monoisotopic (exact) mass is 260 g/mol. The van der Waals surface area contributed by atoms with Gasteiger partial charge in [0.1, 0.15) is 0 Å². The lowest BCUT2D eigenvalue weighted by Gasteiger charge is -2.33. The van der Waals surface area contributed by atoms with Gasteiger partial charge in [0.25, 0.3) is 0 Å². The highest BCUT2D eigenvalue weighted by Gasteiger charge is 2.21. The maximum atomic E-state index is 11.3. The summed E-state index contributed by atoms with van der Waals surface area (Å²) in [4.78, 5) is 13.8. The molecule has 0 saturated carbocycles. The molecule has 0 aromatic rings. The van der Waals surface area contributed by atoms with Gasteiger partial charge in [0.2, 0.25) is 5.91 Å². The number of hydrogen-bond donors (Lipinski definition) is 1. The predicted octanol–water partition coefficient (Wildman–Crippen LogP) is 0.822. The minimum atomic E-state index is 0.0992. The molecule has 1 fully saturated rings. The molecule has 100 valence electrons. The summed E-state index contributed by atoms with van der Waals surface area (Å²) in [5.41, 5.74) is 0. The van der Waals surface area contributed by atoms with Gasteiger partial charge < -0.3 is 10.1 Å². The third kappa shape index (κ3) is 6.29. The first-order chi connectivity index (χ1) is 8.11. The molecule has 1 N–H and O–H groups in total. The fourth-order valence-electron chi connectivity index (χ4n) is 2.00. The largest absolute Gasteiger partial charge is 0.374 e. The van der Waals surface area contributed by atoms with E-state index in [4.69, 9.17) is 4.74 Å². The van der Waals surface area contributed by atoms with Crippen LogP contribution in [-0.4, -0.2) is 61.7 Å². The Morgan fingerprint density at radius 2 is 2.35 bits per heavy atom. The molecule has 4 nitrogen and oxygen atoms in total. The van der Waals surface area contributed by atoms with E-state index >= 15 is 0 Å². The Hall–Kier alpha value is -0.260. The third-order valence-electron chi connectivity index (χ3n) is 2.65. The van der Waals surface area contributed by atoms with Crippen molar-refractivity contribution in [3.63, 3.8) is 0 Å². The van der Waals surface area contributed by atoms with Gasteiger partial charge in [-0.2, -0.15) is 11.8 Å². The van der Waals surface area contributed by atoms with Crippen LogP contribution in [0.15, 0.2) is 0 Å². The summed E-state index contributed by atoms with van der Waals surface area (Å²) in [5.74, 6) is 1.31. The lowest BCUT2D eigenvalue weighted by atomic mass is 10.2. The summed E-state index contributed by atoms with van der Waals surface area (Å²) < 4.78 is 5.66. The van der Waals surface area contributed by atoms with Crippen LogP contribution in [0.3, 0.4) is 0 Å². The summed E-state index contributed by atoms with van der Waals surface area (Å²) in [6.45, 7) is 8.91. The van der Waals surface area contributed by atoms with Crippen LogP contribution in [0.1, 0.15) is 13.8 Å². The smallest absolute Gasteiger partial charge is 0.230 e. The van der Waals surface area contributed by atoms with Gasteiger partial charge >= 0.3 is 0 Å². The van der Waals surface area contributed by atoms with Crippen LogP contribution in [0.5, 0.6) is 0 Å². The number of carbonyl (C=O) groups is 1. The molecule has 0 aromatic carbocycles. The number of ether oxygens (including phenoxy) is 1. The zero-order valence-corrected chi connectivity index (χ0v) is 11.9. The maximum absolute atomic E-state index is 11.3. The van der Waals surface area contributed by atoms with Gasteiger partial charge in [0, 0.05) is 26.2 Å². The first-order valence-corrected chi connectivity index (χ1v) is 7.60. The molecule has 0 aliphatic carbocycles. The first kappa shape index (κ1) is 14.8. The van der Waals surface area contributed by atoms with Gasteiger partial charge in [0.05, 0.1) is 18.5 Å². The Morgan fingerprint density at radius 1 is 1.59 bits per heavy atom. The number of hydrogen-bond acceptors (Lipinski definition) is 4. The van der Waals surface area contributed by atoms with Gasteiger partial charge in [0.15, 0.2) is 0 Å². The minimum Gasteiger partial charge on any atom is -0.374 e. The number of carbonyl (C=O) groups excluding carboxylic acids is 1. The number of amides is 1. The topological polar surface area (TPSA) is 41.6 Å². The molecule has 1 aliphatic rings. The standard InChI is InChI=1S/C12H24N2O2S/c1-10(2)7-14-4-5-16-11(8-14)6-13-12(15)9-17-3/h10-11H,4-9H2,1-3H3,(H,13,15). The molecule has 1 saturated heterocycles. The SMILES string of the molecule is CSCC(=O)NCC1CN(CC(C)C)CCO1. The van der Waals surface area contributed by atoms with Gasteiger partial charge in [-0.25, -0.2) is 0 Å². The summed E-state index contributed by atoms with van der Waals surface area (Å²) in [6, 6.07) is 0. The summed E-state index contributed by atoms with van der Waals surface area (Å²) in [6.07, 6.45) is 2.08. The lowest BCUT2D eigenvalue weighted by molar-refractivity contribution is -0.119. The highest BCUT2D eigenvalue weighted by molar-refractivity contribution is 7.99. The van der Waals surface area contributed by atoms with E-state index in [1.807, 2.05) is 6.26 Å². The van der Waals surface area contributed by atoms with Gasteiger partial charge in [-0.15, -0.1) is 0 Å². The fourth-order valence-corrected chi connectivity index (χ4v) is 2.36. The van der Waals surface area contributed by atoms with Crippen molar-refractivity contribution in [1.29, 1.82) is 0 Å². The molecule has 1 rings (SSSR count). The van der Waals surface area contributed by atoms with Crippen molar-refractivity contribution in [1.82, 2.24) is 10.2 Å². The Kier molecular flexibility index (Phi) is 6.92. The van der Waals surface area contributed by atoms with Crippen LogP contribution in [0.2, 0.25) is 0 Å². The van der Waals surface area contributed by atoms with Crippen LogP contribution in [0.4, 0.5) is 0 Å². The van der Waals surface area contributed by atoms with E-state index in [0.29, 0.717) is 18.2 Å². The molecule has 1 heterocycles. The van der Waals surface area contributed by atoms with E-state index in [2.05, 4.69) is 24.1 Å². The minimum absolute atomic E-state index is 0.0992. The van der Waals surface area contributed by atoms with Crippen molar-refractivity contribution in [2.45, 2.75) is 20.0 Å². The molecule has 0 spiro atoms. The normalized spacial score (nSPS) is 21.8. The Bertz CT molecular complexity index is 237. The number of morpholine rings is 1. The van der Waals surface area contributed by atoms with Crippen LogP contribution in [0.25, 0.3) is 0 Å². The van der Waals surface area contributed by atoms with Crippen molar-refractivity contribution in [2.24, 2.45) is 5.92 Å². The van der Waals surface area contributed by atoms with Crippen molar-refractivity contribution in [3.8, 4) is 0 Å². The van der Waals surface area contributed by atoms with E-state index in [1.165, 1.54) is 0 Å². The van der Waals surface area contributed by atoms with Crippen LogP contribution in [-0.2, 0) is 9.53 Å². The molecule has 1 unspecified atom stereocenters. The molecule has 1 amide bonds. The van der Waals surface area contributed by atoms with Crippen LogP contribution in [0, 0.1) is 5.92 Å². The van der Waals surface area contributed by atoms with Crippen molar-refractivity contribution in [3.05, 3.63) is 0 Å². The third-order valence-corrected chi connectivity index (χ3v) is 3.20. The quantitative estimate of drug-likeness (QED) is 0.768. The number of nitrogens with one attached hydrogen (secondary N) is 1. The summed E-state index contributed by atoms with van der Waals surface area (Å²) >= 11 is 1.54.